The number of anilines is 1. The van der Waals surface area contributed by atoms with Crippen molar-refractivity contribution in [3.63, 3.8) is 0 Å². The number of carbonyl (C=O) groups is 3. The molecule has 2 aromatic carbocycles. The van der Waals surface area contributed by atoms with Gasteiger partial charge in [0.1, 0.15) is 0 Å². The van der Waals surface area contributed by atoms with Crippen molar-refractivity contribution < 1.29 is 19.2 Å². The van der Waals surface area contributed by atoms with Gasteiger partial charge in [0.05, 0.1) is 11.3 Å². The molecule has 0 radical (unpaired) electrons. The number of nitrogens with zero attached hydrogens (tertiary/aromatic N) is 1. The Morgan fingerprint density at radius 3 is 2.41 bits per heavy atom. The monoisotopic (exact) mass is 294 g/mol. The third kappa shape index (κ3) is 2.49. The Kier molecular flexibility index (Phi) is 3.49. The second-order valence-corrected chi connectivity index (χ2v) is 4.51. The summed E-state index contributed by atoms with van der Waals surface area (Å²) in [7, 11) is 0. The van der Waals surface area contributed by atoms with E-state index in [1.165, 1.54) is 0 Å². The Hall–Kier alpha value is -3.28. The molecule has 0 fully saturated rings. The maximum atomic E-state index is 12.2. The summed E-state index contributed by atoms with van der Waals surface area (Å²) in [5, 5.41) is 5.95. The van der Waals surface area contributed by atoms with Gasteiger partial charge in [-0.3, -0.25) is 9.59 Å². The number of nitrogens with one attached hydrogen (secondary N) is 1. The van der Waals surface area contributed by atoms with Crippen LogP contribution in [-0.2, 0) is 9.63 Å². The number of benzene rings is 2. The summed E-state index contributed by atoms with van der Waals surface area (Å²) in [6.45, 7) is 0. The van der Waals surface area contributed by atoms with E-state index < -0.39 is 23.4 Å². The molecule has 0 unspecified atom stereocenters. The summed E-state index contributed by atoms with van der Waals surface area (Å²) in [6.07, 6.45) is 0. The van der Waals surface area contributed by atoms with Gasteiger partial charge in [-0.05, 0) is 24.3 Å². The van der Waals surface area contributed by atoms with E-state index in [1.807, 2.05) is 0 Å². The molecule has 6 nitrogen and oxygen atoms in total. The molecule has 3 rings (SSSR count). The lowest BCUT2D eigenvalue weighted by atomic mass is 10.0. The van der Waals surface area contributed by atoms with Crippen LogP contribution >= 0.6 is 0 Å². The van der Waals surface area contributed by atoms with Gasteiger partial charge in [0.25, 0.3) is 5.91 Å². The van der Waals surface area contributed by atoms with Crippen molar-refractivity contribution in [3.05, 3.63) is 65.7 Å². The normalized spacial score (nSPS) is 15.2. The molecular formula is C16H10N2O4. The first-order valence-electron chi connectivity index (χ1n) is 6.46. The lowest BCUT2D eigenvalue weighted by molar-refractivity contribution is -0.110. The van der Waals surface area contributed by atoms with Crippen molar-refractivity contribution in [2.75, 3.05) is 5.32 Å². The summed E-state index contributed by atoms with van der Waals surface area (Å²) >= 11 is 0. The molecule has 1 N–H and O–H groups in total. The van der Waals surface area contributed by atoms with Crippen molar-refractivity contribution in [1.29, 1.82) is 0 Å². The van der Waals surface area contributed by atoms with Gasteiger partial charge in [-0.25, -0.2) is 4.79 Å². The first kappa shape index (κ1) is 13.7. The fourth-order valence-electron chi connectivity index (χ4n) is 2.00. The molecule has 0 aromatic heterocycles. The highest BCUT2D eigenvalue weighted by molar-refractivity contribution is 6.72. The third-order valence-corrected chi connectivity index (χ3v) is 3.08. The third-order valence-electron chi connectivity index (χ3n) is 3.08. The number of amides is 1. The molecule has 22 heavy (non-hydrogen) atoms. The van der Waals surface area contributed by atoms with E-state index in [0.717, 1.165) is 0 Å². The van der Waals surface area contributed by atoms with E-state index in [0.29, 0.717) is 11.3 Å². The maximum Gasteiger partial charge on any atom is 0.365 e. The van der Waals surface area contributed by atoms with Gasteiger partial charge < -0.3 is 10.2 Å². The number of ketones is 1. The molecule has 0 bridgehead atoms. The second-order valence-electron chi connectivity index (χ2n) is 4.51. The van der Waals surface area contributed by atoms with Gasteiger partial charge in [-0.15, -0.1) is 0 Å². The fraction of sp³-hybridized carbons (Fsp3) is 0. The first-order chi connectivity index (χ1) is 10.7. The zero-order chi connectivity index (χ0) is 15.5. The molecule has 0 spiro atoms. The summed E-state index contributed by atoms with van der Waals surface area (Å²) in [4.78, 5) is 40.5. The minimum atomic E-state index is -0.743. The predicted octanol–water partition coefficient (Wildman–Crippen LogP) is 2.03. The molecule has 1 aliphatic rings. The topological polar surface area (TPSA) is 84.8 Å². The highest BCUT2D eigenvalue weighted by Crippen LogP contribution is 2.20. The molecule has 0 aliphatic carbocycles. The van der Waals surface area contributed by atoms with Crippen LogP contribution in [0, 0.1) is 0 Å². The van der Waals surface area contributed by atoms with E-state index in [1.54, 1.807) is 54.6 Å². The molecule has 1 heterocycles. The number of Topliss-reactive ketones (excluding diaryl/α,β-unsaturated/α-hetero) is 1. The molecule has 0 atom stereocenters. The summed E-state index contributed by atoms with van der Waals surface area (Å²) in [6, 6.07) is 14.7. The van der Waals surface area contributed by atoms with Crippen LogP contribution in [0.5, 0.6) is 0 Å². The van der Waals surface area contributed by atoms with Crippen LogP contribution < -0.4 is 5.32 Å². The lowest BCUT2D eigenvalue weighted by Crippen LogP contribution is -2.36. The number of hydrogen-bond acceptors (Lipinski definition) is 5. The predicted molar refractivity (Wildman–Crippen MR) is 78.7 cm³/mol. The number of para-hydroxylation sites is 1. The Morgan fingerprint density at radius 1 is 0.955 bits per heavy atom. The van der Waals surface area contributed by atoms with Gasteiger partial charge >= 0.3 is 5.97 Å². The fourth-order valence-corrected chi connectivity index (χ4v) is 2.00. The van der Waals surface area contributed by atoms with Crippen molar-refractivity contribution >= 4 is 29.1 Å². The number of oxime groups is 1. The molecule has 6 heteroatoms. The standard InChI is InChI=1S/C16H10N2O4/c19-14-11-8-4-5-9-12(11)17-15(20)13(14)18-22-16(21)10-6-2-1-3-7-10/h1-9H,(H,17,20). The van der Waals surface area contributed by atoms with Crippen LogP contribution in [0.25, 0.3) is 0 Å². The summed E-state index contributed by atoms with van der Waals surface area (Å²) in [5.74, 6) is -2.03. The van der Waals surface area contributed by atoms with Crippen molar-refractivity contribution in [1.82, 2.24) is 0 Å². The van der Waals surface area contributed by atoms with E-state index >= 15 is 0 Å². The SMILES string of the molecule is O=C1Nc2ccccc2C(=O)C1=NOC(=O)c1ccccc1. The quantitative estimate of drug-likeness (QED) is 0.678. The Labute approximate surface area is 125 Å². The average Bonchev–Trinajstić information content (AvgIpc) is 2.55. The zero-order valence-electron chi connectivity index (χ0n) is 11.3. The molecule has 1 aliphatic heterocycles. The number of rotatable bonds is 2. The van der Waals surface area contributed by atoms with Crippen LogP contribution in [0.1, 0.15) is 20.7 Å². The molecule has 108 valence electrons. The van der Waals surface area contributed by atoms with E-state index in [-0.39, 0.29) is 5.56 Å². The smallest absolute Gasteiger partial charge is 0.320 e. The summed E-state index contributed by atoms with van der Waals surface area (Å²) < 4.78 is 0. The first-order valence-corrected chi connectivity index (χ1v) is 6.46. The highest BCUT2D eigenvalue weighted by Gasteiger charge is 2.31. The van der Waals surface area contributed by atoms with Crippen molar-refractivity contribution in [2.45, 2.75) is 0 Å². The average molecular weight is 294 g/mol. The van der Waals surface area contributed by atoms with Gasteiger partial charge in [0.15, 0.2) is 0 Å². The second kappa shape index (κ2) is 5.61. The van der Waals surface area contributed by atoms with Crippen LogP contribution in [0.3, 0.4) is 0 Å². The van der Waals surface area contributed by atoms with Gasteiger partial charge in [0.2, 0.25) is 11.5 Å². The lowest BCUT2D eigenvalue weighted by Gasteiger charge is -2.15. The van der Waals surface area contributed by atoms with Crippen LogP contribution in [-0.4, -0.2) is 23.4 Å². The Balaban J connectivity index is 1.84. The van der Waals surface area contributed by atoms with Gasteiger partial charge in [0, 0.05) is 5.56 Å². The number of carbonyl (C=O) groups excluding carboxylic acids is 3. The molecule has 2 aromatic rings. The molecular weight excluding hydrogens is 284 g/mol. The minimum absolute atomic E-state index is 0.274. The zero-order valence-corrected chi connectivity index (χ0v) is 11.3. The molecule has 0 saturated carbocycles. The van der Waals surface area contributed by atoms with E-state index in [4.69, 9.17) is 4.84 Å². The van der Waals surface area contributed by atoms with E-state index in [9.17, 15) is 14.4 Å². The van der Waals surface area contributed by atoms with E-state index in [2.05, 4.69) is 10.5 Å². The van der Waals surface area contributed by atoms with Gasteiger partial charge in [-0.1, -0.05) is 35.5 Å². The van der Waals surface area contributed by atoms with Crippen molar-refractivity contribution in [3.8, 4) is 0 Å². The number of hydrogen-bond donors (Lipinski definition) is 1. The van der Waals surface area contributed by atoms with Crippen LogP contribution in [0.2, 0.25) is 0 Å². The summed E-state index contributed by atoms with van der Waals surface area (Å²) in [5.41, 5.74) is 0.529. The Bertz CT molecular complexity index is 797. The molecule has 0 saturated heterocycles. The van der Waals surface area contributed by atoms with Gasteiger partial charge in [-0.2, -0.15) is 0 Å². The Morgan fingerprint density at radius 2 is 1.64 bits per heavy atom. The van der Waals surface area contributed by atoms with Crippen LogP contribution in [0.15, 0.2) is 59.8 Å². The maximum absolute atomic E-state index is 12.2. The number of fused-ring (bicyclic) bond motifs is 1. The van der Waals surface area contributed by atoms with Crippen molar-refractivity contribution in [2.24, 2.45) is 5.16 Å². The largest absolute Gasteiger partial charge is 0.365 e. The highest BCUT2D eigenvalue weighted by atomic mass is 16.7. The molecule has 1 amide bonds. The minimum Gasteiger partial charge on any atom is -0.320 e. The van der Waals surface area contributed by atoms with Crippen LogP contribution in [0.4, 0.5) is 5.69 Å².